The van der Waals surface area contributed by atoms with Gasteiger partial charge in [0.2, 0.25) is 11.8 Å². The number of aromatic nitrogens is 2. The molecular weight excluding hydrogens is 384 g/mol. The molecule has 1 amide bonds. The van der Waals surface area contributed by atoms with Gasteiger partial charge >= 0.3 is 0 Å². The first-order valence-corrected chi connectivity index (χ1v) is 11.6. The van der Waals surface area contributed by atoms with Crippen LogP contribution in [0.1, 0.15) is 54.8 Å². The minimum absolute atomic E-state index is 0.0967. The molecule has 1 aliphatic heterocycles. The Bertz CT molecular complexity index is 811. The Morgan fingerprint density at radius 3 is 2.79 bits per heavy atom. The van der Waals surface area contributed by atoms with Crippen LogP contribution < -0.4 is 10.1 Å². The third kappa shape index (κ3) is 5.76. The fourth-order valence-corrected chi connectivity index (χ4v) is 4.80. The lowest BCUT2D eigenvalue weighted by atomic mass is 9.95. The van der Waals surface area contributed by atoms with Crippen molar-refractivity contribution in [3.8, 4) is 5.88 Å². The molecule has 1 saturated heterocycles. The molecule has 0 unspecified atom stereocenters. The fraction of sp³-hybridized carbons (Fsp3) is 0.591. The van der Waals surface area contributed by atoms with E-state index in [0.717, 1.165) is 61.6 Å². The van der Waals surface area contributed by atoms with Gasteiger partial charge in [-0.2, -0.15) is 0 Å². The average molecular weight is 415 g/mol. The van der Waals surface area contributed by atoms with E-state index >= 15 is 0 Å². The average Bonchev–Trinajstić information content (AvgIpc) is 3.39. The van der Waals surface area contributed by atoms with Gasteiger partial charge < -0.3 is 10.1 Å². The van der Waals surface area contributed by atoms with E-state index in [0.29, 0.717) is 18.5 Å². The lowest BCUT2D eigenvalue weighted by Crippen LogP contribution is -2.40. The number of carbonyl (C=O) groups is 1. The Kier molecular flexibility index (Phi) is 6.77. The summed E-state index contributed by atoms with van der Waals surface area (Å²) in [5.41, 5.74) is 2.18. The molecule has 3 heterocycles. The number of hydrogen-bond donors (Lipinski definition) is 1. The van der Waals surface area contributed by atoms with Gasteiger partial charge in [0.25, 0.3) is 0 Å². The highest BCUT2D eigenvalue weighted by Crippen LogP contribution is 2.23. The molecule has 7 heteroatoms. The Morgan fingerprint density at radius 2 is 2.07 bits per heavy atom. The van der Waals surface area contributed by atoms with Crippen LogP contribution in [0.3, 0.4) is 0 Å². The predicted octanol–water partition coefficient (Wildman–Crippen LogP) is 3.70. The van der Waals surface area contributed by atoms with Gasteiger partial charge in [0.1, 0.15) is 6.10 Å². The van der Waals surface area contributed by atoms with E-state index in [9.17, 15) is 4.79 Å². The number of thiazole rings is 1. The zero-order valence-electron chi connectivity index (χ0n) is 17.1. The third-order valence-electron chi connectivity index (χ3n) is 5.87. The van der Waals surface area contributed by atoms with E-state index in [2.05, 4.69) is 25.6 Å². The van der Waals surface area contributed by atoms with Gasteiger partial charge in [-0.05, 0) is 70.2 Å². The Labute approximate surface area is 176 Å². The third-order valence-corrected chi connectivity index (χ3v) is 6.69. The van der Waals surface area contributed by atoms with Crippen molar-refractivity contribution >= 4 is 17.2 Å². The molecule has 0 spiro atoms. The van der Waals surface area contributed by atoms with Gasteiger partial charge in [-0.3, -0.25) is 9.69 Å². The highest BCUT2D eigenvalue weighted by atomic mass is 32.1. The van der Waals surface area contributed by atoms with Gasteiger partial charge in [-0.15, -0.1) is 11.3 Å². The van der Waals surface area contributed by atoms with Crippen molar-refractivity contribution in [2.45, 2.75) is 64.6 Å². The normalized spacial score (nSPS) is 18.8. The molecule has 6 nitrogen and oxygen atoms in total. The maximum absolute atomic E-state index is 12.6. The second-order valence-electron chi connectivity index (χ2n) is 8.15. The number of piperidine rings is 1. The summed E-state index contributed by atoms with van der Waals surface area (Å²) in [4.78, 5) is 23.9. The van der Waals surface area contributed by atoms with Crippen molar-refractivity contribution in [2.24, 2.45) is 5.92 Å². The summed E-state index contributed by atoms with van der Waals surface area (Å²) in [6.45, 7) is 5.35. The van der Waals surface area contributed by atoms with E-state index < -0.39 is 0 Å². The largest absolute Gasteiger partial charge is 0.474 e. The van der Waals surface area contributed by atoms with Crippen LogP contribution in [0.2, 0.25) is 0 Å². The summed E-state index contributed by atoms with van der Waals surface area (Å²) in [5.74, 6) is 0.929. The first-order chi connectivity index (χ1) is 14.2. The number of amides is 1. The van der Waals surface area contributed by atoms with E-state index in [1.165, 1.54) is 12.8 Å². The van der Waals surface area contributed by atoms with Gasteiger partial charge in [0, 0.05) is 36.7 Å². The SMILES string of the molecule is Cc1nc(CN2CCC(C(=O)NCc3ccnc(OC4CCCC4)c3)CC2)cs1. The number of nitrogens with one attached hydrogen (secondary N) is 1. The van der Waals surface area contributed by atoms with E-state index in [4.69, 9.17) is 4.74 Å². The maximum Gasteiger partial charge on any atom is 0.223 e. The molecule has 0 radical (unpaired) electrons. The van der Waals surface area contributed by atoms with Crippen molar-refractivity contribution < 1.29 is 9.53 Å². The minimum atomic E-state index is 0.0967. The molecule has 2 aliphatic rings. The summed E-state index contributed by atoms with van der Waals surface area (Å²) < 4.78 is 5.97. The van der Waals surface area contributed by atoms with Crippen LogP contribution in [0.4, 0.5) is 0 Å². The number of carbonyl (C=O) groups excluding carboxylic acids is 1. The lowest BCUT2D eigenvalue weighted by molar-refractivity contribution is -0.126. The van der Waals surface area contributed by atoms with E-state index in [-0.39, 0.29) is 11.8 Å². The first kappa shape index (κ1) is 20.3. The molecule has 29 heavy (non-hydrogen) atoms. The molecule has 2 fully saturated rings. The second-order valence-corrected chi connectivity index (χ2v) is 9.21. The second kappa shape index (κ2) is 9.67. The van der Waals surface area contributed by atoms with Crippen LogP contribution in [0.15, 0.2) is 23.7 Å². The van der Waals surface area contributed by atoms with Crippen molar-refractivity contribution in [1.29, 1.82) is 0 Å². The number of hydrogen-bond acceptors (Lipinski definition) is 6. The van der Waals surface area contributed by atoms with Gasteiger partial charge in [0.15, 0.2) is 0 Å². The van der Waals surface area contributed by atoms with Crippen LogP contribution in [-0.2, 0) is 17.9 Å². The zero-order valence-corrected chi connectivity index (χ0v) is 17.9. The highest BCUT2D eigenvalue weighted by Gasteiger charge is 2.25. The predicted molar refractivity (Wildman–Crippen MR) is 114 cm³/mol. The first-order valence-electron chi connectivity index (χ1n) is 10.7. The number of nitrogens with zero attached hydrogens (tertiary/aromatic N) is 3. The number of likely N-dealkylation sites (tertiary alicyclic amines) is 1. The van der Waals surface area contributed by atoms with Crippen molar-refractivity contribution in [3.05, 3.63) is 40.0 Å². The van der Waals surface area contributed by atoms with Crippen molar-refractivity contribution in [3.63, 3.8) is 0 Å². The number of aryl methyl sites for hydroxylation is 1. The fourth-order valence-electron chi connectivity index (χ4n) is 4.20. The van der Waals surface area contributed by atoms with Crippen LogP contribution in [0, 0.1) is 12.8 Å². The molecular formula is C22H30N4O2S. The lowest BCUT2D eigenvalue weighted by Gasteiger charge is -2.30. The number of ether oxygens (including phenoxy) is 1. The molecule has 0 aromatic carbocycles. The van der Waals surface area contributed by atoms with Gasteiger partial charge in [0.05, 0.1) is 10.7 Å². The van der Waals surface area contributed by atoms with Gasteiger partial charge in [-0.1, -0.05) is 0 Å². The van der Waals surface area contributed by atoms with Gasteiger partial charge in [-0.25, -0.2) is 9.97 Å². The molecule has 2 aromatic rings. The molecule has 0 bridgehead atoms. The molecule has 1 aliphatic carbocycles. The Balaban J connectivity index is 1.21. The molecule has 1 N–H and O–H groups in total. The monoisotopic (exact) mass is 414 g/mol. The topological polar surface area (TPSA) is 67.4 Å². The summed E-state index contributed by atoms with van der Waals surface area (Å²) in [6, 6.07) is 3.90. The molecule has 0 atom stereocenters. The standard InChI is InChI=1S/C22H30N4O2S/c1-16-25-19(15-29-16)14-26-10-7-18(8-11-26)22(27)24-13-17-6-9-23-21(12-17)28-20-4-2-3-5-20/h6,9,12,15,18,20H,2-5,7-8,10-11,13-14H2,1H3,(H,24,27). The van der Waals surface area contributed by atoms with E-state index in [1.54, 1.807) is 17.5 Å². The number of rotatable bonds is 7. The summed E-state index contributed by atoms with van der Waals surface area (Å²) in [5, 5.41) is 6.35. The van der Waals surface area contributed by atoms with E-state index in [1.807, 2.05) is 19.1 Å². The minimum Gasteiger partial charge on any atom is -0.474 e. The van der Waals surface area contributed by atoms with Crippen molar-refractivity contribution in [1.82, 2.24) is 20.2 Å². The molecule has 156 valence electrons. The smallest absolute Gasteiger partial charge is 0.223 e. The molecule has 4 rings (SSSR count). The zero-order chi connectivity index (χ0) is 20.1. The highest BCUT2D eigenvalue weighted by molar-refractivity contribution is 7.09. The number of pyridine rings is 1. The maximum atomic E-state index is 12.6. The van der Waals surface area contributed by atoms with Crippen LogP contribution in [0.5, 0.6) is 5.88 Å². The summed E-state index contributed by atoms with van der Waals surface area (Å²) in [6.07, 6.45) is 8.58. The summed E-state index contributed by atoms with van der Waals surface area (Å²) >= 11 is 1.70. The Hall–Kier alpha value is -1.99. The molecule has 2 aromatic heterocycles. The van der Waals surface area contributed by atoms with Crippen LogP contribution in [-0.4, -0.2) is 40.0 Å². The summed E-state index contributed by atoms with van der Waals surface area (Å²) in [7, 11) is 0. The quantitative estimate of drug-likeness (QED) is 0.748. The van der Waals surface area contributed by atoms with Crippen molar-refractivity contribution in [2.75, 3.05) is 13.1 Å². The van der Waals surface area contributed by atoms with Crippen LogP contribution in [0.25, 0.3) is 0 Å². The molecule has 1 saturated carbocycles. The van der Waals surface area contributed by atoms with Crippen LogP contribution >= 0.6 is 11.3 Å². The Morgan fingerprint density at radius 1 is 1.28 bits per heavy atom.